The van der Waals surface area contributed by atoms with Crippen molar-refractivity contribution in [3.05, 3.63) is 53.1 Å². The van der Waals surface area contributed by atoms with E-state index < -0.39 is 31.7 Å². The normalized spacial score (nSPS) is 14.2. The number of carbonyl (C=O) groups excluding carboxylic acids is 1. The van der Waals surface area contributed by atoms with Crippen LogP contribution in [0.25, 0.3) is 0 Å². The molecule has 0 atom stereocenters. The molecule has 1 aliphatic rings. The minimum atomic E-state index is -4.24. The topological polar surface area (TPSA) is 88.6 Å². The van der Waals surface area contributed by atoms with Gasteiger partial charge >= 0.3 is 0 Å². The van der Waals surface area contributed by atoms with Gasteiger partial charge in [0.15, 0.2) is 5.78 Å². The van der Waals surface area contributed by atoms with E-state index in [-0.39, 0.29) is 31.4 Å². The molecule has 2 aromatic rings. The minimum Gasteiger partial charge on any atom is -0.294 e. The van der Waals surface area contributed by atoms with E-state index in [2.05, 4.69) is 0 Å². The van der Waals surface area contributed by atoms with Crippen molar-refractivity contribution in [2.45, 2.75) is 22.6 Å². The monoisotopic (exact) mass is 447 g/mol. The van der Waals surface area contributed by atoms with Crippen LogP contribution in [0.2, 0.25) is 0 Å². The Labute approximate surface area is 165 Å². The van der Waals surface area contributed by atoms with Crippen molar-refractivity contribution in [2.24, 2.45) is 0 Å². The zero-order chi connectivity index (χ0) is 20.9. The number of benzene rings is 2. The smallest absolute Gasteiger partial charge is 0.245 e. The molecule has 0 spiro atoms. The average molecular weight is 448 g/mol. The van der Waals surface area contributed by atoms with Crippen molar-refractivity contribution in [1.82, 2.24) is 0 Å². The molecule has 0 saturated heterocycles. The average Bonchev–Trinajstić information content (AvgIpc) is 2.88. The number of fused-ring (bicyclic) bond motifs is 1. The Morgan fingerprint density at radius 1 is 0.929 bits per heavy atom. The largest absolute Gasteiger partial charge is 0.294 e. The molecule has 0 amide bonds. The molecule has 3 rings (SSSR count). The molecule has 11 heteroatoms. The van der Waals surface area contributed by atoms with Gasteiger partial charge in [-0.05, 0) is 36.2 Å². The van der Waals surface area contributed by atoms with Gasteiger partial charge in [0.05, 0.1) is 18.2 Å². The molecule has 0 aromatic heterocycles. The number of hydrogen-bond acceptors (Lipinski definition) is 6. The number of rotatable bonds is 5. The Morgan fingerprint density at radius 2 is 1.57 bits per heavy atom. The highest BCUT2D eigenvalue weighted by Gasteiger charge is 2.32. The van der Waals surface area contributed by atoms with E-state index >= 15 is 0 Å². The Balaban J connectivity index is 2.25. The van der Waals surface area contributed by atoms with E-state index in [0.29, 0.717) is 35.4 Å². The molecule has 28 heavy (non-hydrogen) atoms. The molecular formula is C17H15F2NO5S3. The van der Waals surface area contributed by atoms with Crippen molar-refractivity contribution in [2.75, 3.05) is 16.2 Å². The Morgan fingerprint density at radius 3 is 2.14 bits per heavy atom. The van der Waals surface area contributed by atoms with Gasteiger partial charge < -0.3 is 0 Å². The second kappa shape index (κ2) is 7.12. The molecule has 0 heterocycles. The summed E-state index contributed by atoms with van der Waals surface area (Å²) in [4.78, 5) is 12.1. The van der Waals surface area contributed by atoms with Gasteiger partial charge in [0.2, 0.25) is 20.0 Å². The molecule has 6 nitrogen and oxygen atoms in total. The van der Waals surface area contributed by atoms with Crippen LogP contribution < -0.4 is 3.71 Å². The van der Waals surface area contributed by atoms with Crippen LogP contribution >= 0.6 is 11.8 Å². The fourth-order valence-corrected chi connectivity index (χ4v) is 7.03. The highest BCUT2D eigenvalue weighted by molar-refractivity contribution is 8.09. The SMILES string of the molecule is CS(=O)(=O)N(c1cc2c(cc1Sc1ccc(F)cc1F)C(=O)CC2)S(C)(=O)=O. The lowest BCUT2D eigenvalue weighted by Crippen LogP contribution is -2.35. The molecule has 2 aromatic carbocycles. The number of nitrogens with zero attached hydrogens (tertiary/aromatic N) is 1. The molecule has 0 N–H and O–H groups in total. The maximum atomic E-state index is 14.1. The third kappa shape index (κ3) is 4.06. The summed E-state index contributed by atoms with van der Waals surface area (Å²) in [5, 5.41) is 0. The lowest BCUT2D eigenvalue weighted by molar-refractivity contribution is 0.0994. The minimum absolute atomic E-state index is 0.0463. The number of halogens is 2. The molecule has 1 aliphatic carbocycles. The predicted octanol–water partition coefficient (Wildman–Crippen LogP) is 2.97. The van der Waals surface area contributed by atoms with Gasteiger partial charge in [0.25, 0.3) is 0 Å². The van der Waals surface area contributed by atoms with Crippen LogP contribution in [0.15, 0.2) is 40.1 Å². The van der Waals surface area contributed by atoms with Gasteiger partial charge in [0.1, 0.15) is 11.6 Å². The fourth-order valence-electron chi connectivity index (χ4n) is 2.97. The van der Waals surface area contributed by atoms with Gasteiger partial charge in [-0.2, -0.15) is 3.71 Å². The maximum Gasteiger partial charge on any atom is 0.245 e. The number of anilines is 1. The molecular weight excluding hydrogens is 432 g/mol. The zero-order valence-electron chi connectivity index (χ0n) is 14.8. The molecule has 0 aliphatic heterocycles. The van der Waals surface area contributed by atoms with Crippen LogP contribution in [0.3, 0.4) is 0 Å². The van der Waals surface area contributed by atoms with E-state index in [1.54, 1.807) is 0 Å². The number of sulfonamides is 2. The first-order valence-corrected chi connectivity index (χ1v) is 12.4. The molecule has 150 valence electrons. The molecule has 0 bridgehead atoms. The standard InChI is InChI=1S/C17H15F2NO5S3/c1-27(22,23)20(28(2,24)25)14-7-10-3-5-15(21)12(10)9-17(14)26-16-6-4-11(18)8-13(16)19/h4,6-9H,3,5H2,1-2H3. The summed E-state index contributed by atoms with van der Waals surface area (Å²) in [6, 6.07) is 5.52. The molecule has 0 saturated carbocycles. The van der Waals surface area contributed by atoms with Gasteiger partial charge in [-0.25, -0.2) is 25.6 Å². The fraction of sp³-hybridized carbons (Fsp3) is 0.235. The second-order valence-corrected chi connectivity index (χ2v) is 11.3. The number of carbonyl (C=O) groups is 1. The summed E-state index contributed by atoms with van der Waals surface area (Å²) in [7, 11) is -8.49. The summed E-state index contributed by atoms with van der Waals surface area (Å²) < 4.78 is 76.4. The van der Waals surface area contributed by atoms with Crippen molar-refractivity contribution in [3.63, 3.8) is 0 Å². The second-order valence-electron chi connectivity index (χ2n) is 6.30. The zero-order valence-corrected chi connectivity index (χ0v) is 17.2. The van der Waals surface area contributed by atoms with E-state index in [4.69, 9.17) is 0 Å². The molecule has 0 unspecified atom stereocenters. The molecule has 0 radical (unpaired) electrons. The lowest BCUT2D eigenvalue weighted by atomic mass is 10.1. The Bertz CT molecular complexity index is 1160. The summed E-state index contributed by atoms with van der Waals surface area (Å²) in [5.41, 5.74) is 0.643. The number of Topliss-reactive ketones (excluding diaryl/α,β-unsaturated/α-hetero) is 1. The van der Waals surface area contributed by atoms with Crippen LogP contribution in [0.1, 0.15) is 22.3 Å². The van der Waals surface area contributed by atoms with Crippen LogP contribution in [0.4, 0.5) is 14.5 Å². The first-order chi connectivity index (χ1) is 12.9. The van der Waals surface area contributed by atoms with Gasteiger partial charge in [-0.1, -0.05) is 11.8 Å². The third-order valence-corrected chi connectivity index (χ3v) is 8.34. The van der Waals surface area contributed by atoms with Crippen molar-refractivity contribution in [1.29, 1.82) is 0 Å². The summed E-state index contributed by atoms with van der Waals surface area (Å²) >= 11 is 0.714. The van der Waals surface area contributed by atoms with E-state index in [1.165, 1.54) is 12.1 Å². The highest BCUT2D eigenvalue weighted by atomic mass is 32.3. The predicted molar refractivity (Wildman–Crippen MR) is 102 cm³/mol. The summed E-state index contributed by atoms with van der Waals surface area (Å²) in [6.07, 6.45) is 2.03. The number of ketones is 1. The highest BCUT2D eigenvalue weighted by Crippen LogP contribution is 2.42. The van der Waals surface area contributed by atoms with Gasteiger partial charge in [0, 0.05) is 27.8 Å². The van der Waals surface area contributed by atoms with E-state index in [1.807, 2.05) is 0 Å². The van der Waals surface area contributed by atoms with Crippen LogP contribution in [0.5, 0.6) is 0 Å². The first-order valence-electron chi connectivity index (χ1n) is 7.91. The number of hydrogen-bond donors (Lipinski definition) is 0. The van der Waals surface area contributed by atoms with Crippen LogP contribution in [-0.4, -0.2) is 35.1 Å². The Hall–Kier alpha value is -1.98. The Kier molecular flexibility index (Phi) is 5.28. The van der Waals surface area contributed by atoms with Crippen LogP contribution in [0, 0.1) is 11.6 Å². The summed E-state index contributed by atoms with van der Waals surface area (Å²) in [5.74, 6) is -1.86. The van der Waals surface area contributed by atoms with Crippen molar-refractivity contribution >= 4 is 43.3 Å². The number of aryl methyl sites for hydroxylation is 1. The first kappa shape index (κ1) is 20.7. The van der Waals surface area contributed by atoms with Gasteiger partial charge in [-0.3, -0.25) is 4.79 Å². The van der Waals surface area contributed by atoms with Crippen molar-refractivity contribution in [3.8, 4) is 0 Å². The summed E-state index contributed by atoms with van der Waals surface area (Å²) in [6.45, 7) is 0. The quantitative estimate of drug-likeness (QED) is 0.700. The van der Waals surface area contributed by atoms with Gasteiger partial charge in [-0.15, -0.1) is 0 Å². The van der Waals surface area contributed by atoms with Crippen molar-refractivity contribution < 1.29 is 30.4 Å². The maximum absolute atomic E-state index is 14.1. The third-order valence-electron chi connectivity index (χ3n) is 4.02. The van der Waals surface area contributed by atoms with E-state index in [0.717, 1.165) is 24.6 Å². The van der Waals surface area contributed by atoms with E-state index in [9.17, 15) is 30.4 Å². The van der Waals surface area contributed by atoms with Crippen LogP contribution in [-0.2, 0) is 26.5 Å². The lowest BCUT2D eigenvalue weighted by Gasteiger charge is -2.23. The molecule has 0 fully saturated rings.